The van der Waals surface area contributed by atoms with Gasteiger partial charge in [-0.25, -0.2) is 0 Å². The van der Waals surface area contributed by atoms with E-state index < -0.39 is 0 Å². The van der Waals surface area contributed by atoms with E-state index in [0.717, 1.165) is 29.7 Å². The lowest BCUT2D eigenvalue weighted by Gasteiger charge is -2.31. The van der Waals surface area contributed by atoms with Gasteiger partial charge in [0.2, 0.25) is 0 Å². The molecule has 1 heterocycles. The van der Waals surface area contributed by atoms with E-state index in [-0.39, 0.29) is 6.10 Å². The molecule has 1 aromatic carbocycles. The SMILES string of the molecule is COc1ccc(CN2CCCC2C2CCCC2O)cc1Br. The standard InChI is InChI=1S/C17H24BrNO2/c1-21-17-8-7-12(10-14(17)18)11-19-9-3-5-15(19)13-4-2-6-16(13)20/h7-8,10,13,15-16,20H,2-6,9,11H2,1H3. The van der Waals surface area contributed by atoms with Gasteiger partial charge in [-0.1, -0.05) is 12.5 Å². The van der Waals surface area contributed by atoms with E-state index in [2.05, 4.69) is 33.0 Å². The summed E-state index contributed by atoms with van der Waals surface area (Å²) in [6, 6.07) is 6.88. The molecule has 3 nitrogen and oxygen atoms in total. The van der Waals surface area contributed by atoms with E-state index in [4.69, 9.17) is 4.74 Å². The van der Waals surface area contributed by atoms with Crippen LogP contribution in [0.25, 0.3) is 0 Å². The topological polar surface area (TPSA) is 32.7 Å². The Morgan fingerprint density at radius 3 is 2.81 bits per heavy atom. The van der Waals surface area contributed by atoms with E-state index in [1.807, 2.05) is 6.07 Å². The van der Waals surface area contributed by atoms with Gasteiger partial charge in [0.25, 0.3) is 0 Å². The summed E-state index contributed by atoms with van der Waals surface area (Å²) in [7, 11) is 1.69. The minimum atomic E-state index is -0.0850. The molecule has 0 spiro atoms. The van der Waals surface area contributed by atoms with Gasteiger partial charge in [-0.2, -0.15) is 0 Å². The van der Waals surface area contributed by atoms with Crippen molar-refractivity contribution in [3.8, 4) is 5.75 Å². The molecule has 0 bridgehead atoms. The highest BCUT2D eigenvalue weighted by atomic mass is 79.9. The quantitative estimate of drug-likeness (QED) is 0.897. The van der Waals surface area contributed by atoms with Gasteiger partial charge in [0.05, 0.1) is 17.7 Å². The first-order valence-corrected chi connectivity index (χ1v) is 8.73. The van der Waals surface area contributed by atoms with Crippen molar-refractivity contribution in [3.05, 3.63) is 28.2 Å². The van der Waals surface area contributed by atoms with Crippen LogP contribution in [-0.4, -0.2) is 35.8 Å². The van der Waals surface area contributed by atoms with Crippen LogP contribution in [0, 0.1) is 5.92 Å². The second-order valence-corrected chi connectivity index (χ2v) is 7.17. The maximum atomic E-state index is 10.2. The molecule has 1 aliphatic carbocycles. The maximum Gasteiger partial charge on any atom is 0.133 e. The number of rotatable bonds is 4. The lowest BCUT2D eigenvalue weighted by molar-refractivity contribution is 0.0718. The van der Waals surface area contributed by atoms with E-state index in [0.29, 0.717) is 12.0 Å². The number of hydrogen-bond donors (Lipinski definition) is 1. The monoisotopic (exact) mass is 353 g/mol. The summed E-state index contributed by atoms with van der Waals surface area (Å²) in [5.41, 5.74) is 1.31. The molecule has 2 aliphatic rings. The third kappa shape index (κ3) is 3.27. The number of aliphatic hydroxyl groups excluding tert-OH is 1. The second-order valence-electron chi connectivity index (χ2n) is 6.31. The van der Waals surface area contributed by atoms with Crippen LogP contribution < -0.4 is 4.74 Å². The first-order valence-electron chi connectivity index (χ1n) is 7.93. The molecular formula is C17H24BrNO2. The fourth-order valence-corrected chi connectivity index (χ4v) is 4.58. The van der Waals surface area contributed by atoms with Crippen LogP contribution in [0.3, 0.4) is 0 Å². The Kier molecular flexibility index (Phi) is 4.87. The van der Waals surface area contributed by atoms with E-state index in [9.17, 15) is 5.11 Å². The fourth-order valence-electron chi connectivity index (χ4n) is 3.99. The Hall–Kier alpha value is -0.580. The predicted molar refractivity (Wildman–Crippen MR) is 87.5 cm³/mol. The van der Waals surface area contributed by atoms with Crippen molar-refractivity contribution >= 4 is 15.9 Å². The number of aliphatic hydroxyl groups is 1. The molecule has 3 rings (SSSR count). The molecule has 2 fully saturated rings. The van der Waals surface area contributed by atoms with E-state index in [1.54, 1.807) is 7.11 Å². The Morgan fingerprint density at radius 1 is 1.29 bits per heavy atom. The summed E-state index contributed by atoms with van der Waals surface area (Å²) >= 11 is 3.56. The number of nitrogens with zero attached hydrogens (tertiary/aromatic N) is 1. The molecule has 3 unspecified atom stereocenters. The summed E-state index contributed by atoms with van der Waals surface area (Å²) in [6.07, 6.45) is 5.77. The Bertz CT molecular complexity index is 494. The average Bonchev–Trinajstić information content (AvgIpc) is 3.07. The highest BCUT2D eigenvalue weighted by Crippen LogP contribution is 2.36. The first-order chi connectivity index (χ1) is 10.2. The van der Waals surface area contributed by atoms with Crippen LogP contribution in [0.4, 0.5) is 0 Å². The highest BCUT2D eigenvalue weighted by molar-refractivity contribution is 9.10. The minimum Gasteiger partial charge on any atom is -0.496 e. The van der Waals surface area contributed by atoms with Gasteiger partial charge in [-0.15, -0.1) is 0 Å². The Morgan fingerprint density at radius 2 is 2.14 bits per heavy atom. The zero-order chi connectivity index (χ0) is 14.8. The van der Waals surface area contributed by atoms with Gasteiger partial charge in [0, 0.05) is 18.5 Å². The van der Waals surface area contributed by atoms with Crippen LogP contribution in [0.5, 0.6) is 5.75 Å². The maximum absolute atomic E-state index is 10.2. The highest BCUT2D eigenvalue weighted by Gasteiger charge is 2.37. The van der Waals surface area contributed by atoms with Crippen LogP contribution in [0.2, 0.25) is 0 Å². The van der Waals surface area contributed by atoms with Crippen LogP contribution >= 0.6 is 15.9 Å². The van der Waals surface area contributed by atoms with Crippen molar-refractivity contribution in [2.75, 3.05) is 13.7 Å². The minimum absolute atomic E-state index is 0.0850. The largest absolute Gasteiger partial charge is 0.496 e. The second kappa shape index (κ2) is 6.67. The van der Waals surface area contributed by atoms with Crippen molar-refractivity contribution in [2.24, 2.45) is 5.92 Å². The first kappa shape index (κ1) is 15.3. The zero-order valence-electron chi connectivity index (χ0n) is 12.6. The average molecular weight is 354 g/mol. The number of ether oxygens (including phenoxy) is 1. The molecule has 116 valence electrons. The van der Waals surface area contributed by atoms with Crippen LogP contribution in [-0.2, 0) is 6.54 Å². The Balaban J connectivity index is 1.70. The number of hydrogen-bond acceptors (Lipinski definition) is 3. The molecule has 1 aliphatic heterocycles. The third-order valence-corrected chi connectivity index (χ3v) is 5.66. The van der Waals surface area contributed by atoms with Crippen molar-refractivity contribution in [2.45, 2.75) is 50.8 Å². The smallest absolute Gasteiger partial charge is 0.133 e. The number of methoxy groups -OCH3 is 1. The molecule has 1 saturated carbocycles. The van der Waals surface area contributed by atoms with Crippen molar-refractivity contribution in [1.82, 2.24) is 4.90 Å². The molecule has 1 N–H and O–H groups in total. The van der Waals surface area contributed by atoms with Gasteiger partial charge >= 0.3 is 0 Å². The van der Waals surface area contributed by atoms with Gasteiger partial charge in [-0.3, -0.25) is 4.90 Å². The van der Waals surface area contributed by atoms with E-state index >= 15 is 0 Å². The molecule has 1 aromatic rings. The number of halogens is 1. The van der Waals surface area contributed by atoms with Crippen LogP contribution in [0.15, 0.2) is 22.7 Å². The molecular weight excluding hydrogens is 330 g/mol. The number of likely N-dealkylation sites (tertiary alicyclic amines) is 1. The number of benzene rings is 1. The van der Waals surface area contributed by atoms with Gasteiger partial charge in [0.1, 0.15) is 5.75 Å². The summed E-state index contributed by atoms with van der Waals surface area (Å²) < 4.78 is 6.31. The molecule has 0 radical (unpaired) electrons. The third-order valence-electron chi connectivity index (χ3n) is 5.04. The summed E-state index contributed by atoms with van der Waals surface area (Å²) in [4.78, 5) is 2.56. The fraction of sp³-hybridized carbons (Fsp3) is 0.647. The van der Waals surface area contributed by atoms with Crippen molar-refractivity contribution in [3.63, 3.8) is 0 Å². The summed E-state index contributed by atoms with van der Waals surface area (Å²) in [6.45, 7) is 2.12. The molecule has 21 heavy (non-hydrogen) atoms. The Labute approximate surface area is 135 Å². The predicted octanol–water partition coefficient (Wildman–Crippen LogP) is 3.58. The van der Waals surface area contributed by atoms with Gasteiger partial charge in [0.15, 0.2) is 0 Å². The molecule has 1 saturated heterocycles. The normalized spacial score (nSPS) is 30.0. The summed E-state index contributed by atoms with van der Waals surface area (Å²) in [5.74, 6) is 1.36. The van der Waals surface area contributed by atoms with Gasteiger partial charge in [-0.05, 0) is 65.9 Å². The van der Waals surface area contributed by atoms with Crippen LogP contribution in [0.1, 0.15) is 37.7 Å². The molecule has 0 aromatic heterocycles. The lowest BCUT2D eigenvalue weighted by Crippen LogP contribution is -2.38. The van der Waals surface area contributed by atoms with Gasteiger partial charge < -0.3 is 9.84 Å². The molecule has 3 atom stereocenters. The zero-order valence-corrected chi connectivity index (χ0v) is 14.2. The molecule has 4 heteroatoms. The molecule has 0 amide bonds. The van der Waals surface area contributed by atoms with E-state index in [1.165, 1.54) is 31.2 Å². The summed E-state index contributed by atoms with van der Waals surface area (Å²) in [5, 5.41) is 10.2. The lowest BCUT2D eigenvalue weighted by atomic mass is 9.94. The van der Waals surface area contributed by atoms with Crippen molar-refractivity contribution < 1.29 is 9.84 Å². The van der Waals surface area contributed by atoms with Crippen molar-refractivity contribution in [1.29, 1.82) is 0 Å².